The van der Waals surface area contributed by atoms with Crippen molar-refractivity contribution in [2.24, 2.45) is 0 Å². The molecule has 7 heteroatoms. The molecule has 5 nitrogen and oxygen atoms in total. The number of ether oxygens (including phenoxy) is 1. The van der Waals surface area contributed by atoms with Gasteiger partial charge in [0.15, 0.2) is 0 Å². The van der Waals surface area contributed by atoms with Crippen molar-refractivity contribution in [1.82, 2.24) is 10.2 Å². The van der Waals surface area contributed by atoms with E-state index in [1.807, 2.05) is 31.2 Å². The normalized spacial score (nSPS) is 14.8. The van der Waals surface area contributed by atoms with E-state index < -0.39 is 6.04 Å². The van der Waals surface area contributed by atoms with Crippen molar-refractivity contribution in [1.29, 1.82) is 0 Å². The Morgan fingerprint density at radius 3 is 2.41 bits per heavy atom. The molecule has 0 bridgehead atoms. The molecule has 3 rings (SSSR count). The van der Waals surface area contributed by atoms with Gasteiger partial charge in [-0.1, -0.05) is 61.2 Å². The van der Waals surface area contributed by atoms with E-state index in [0.29, 0.717) is 27.8 Å². The third kappa shape index (κ3) is 6.17. The van der Waals surface area contributed by atoms with Crippen molar-refractivity contribution < 1.29 is 14.3 Å². The van der Waals surface area contributed by atoms with Gasteiger partial charge in [0.05, 0.1) is 13.5 Å². The van der Waals surface area contributed by atoms with E-state index in [1.165, 1.54) is 0 Å². The van der Waals surface area contributed by atoms with Crippen LogP contribution in [0, 0.1) is 0 Å². The number of amides is 2. The van der Waals surface area contributed by atoms with Crippen LogP contribution in [-0.4, -0.2) is 35.9 Å². The summed E-state index contributed by atoms with van der Waals surface area (Å²) >= 11 is 12.6. The average Bonchev–Trinajstić information content (AvgIpc) is 3.29. The Hall–Kier alpha value is -2.24. The summed E-state index contributed by atoms with van der Waals surface area (Å²) in [6.07, 6.45) is 4.75. The number of methoxy groups -OCH3 is 1. The number of hydrogen-bond donors (Lipinski definition) is 1. The number of carbonyl (C=O) groups excluding carboxylic acids is 2. The minimum atomic E-state index is -0.587. The largest absolute Gasteiger partial charge is 0.497 e. The molecule has 0 spiro atoms. The molecule has 0 radical (unpaired) electrons. The van der Waals surface area contributed by atoms with Gasteiger partial charge in [-0.2, -0.15) is 0 Å². The van der Waals surface area contributed by atoms with E-state index in [-0.39, 0.29) is 30.8 Å². The van der Waals surface area contributed by atoms with Crippen LogP contribution >= 0.6 is 23.2 Å². The monoisotopic (exact) mass is 476 g/mol. The fourth-order valence-corrected chi connectivity index (χ4v) is 4.74. The van der Waals surface area contributed by atoms with E-state index in [4.69, 9.17) is 27.9 Å². The lowest BCUT2D eigenvalue weighted by atomic mass is 10.1. The van der Waals surface area contributed by atoms with Gasteiger partial charge >= 0.3 is 0 Å². The molecule has 1 aliphatic rings. The second-order valence-corrected chi connectivity index (χ2v) is 8.98. The number of nitrogens with zero attached hydrogens (tertiary/aromatic N) is 1. The fraction of sp³-hybridized carbons (Fsp3) is 0.440. The number of halogens is 2. The minimum absolute atomic E-state index is 0.0235. The first-order chi connectivity index (χ1) is 15.4. The highest BCUT2D eigenvalue weighted by Crippen LogP contribution is 2.27. The zero-order valence-electron chi connectivity index (χ0n) is 18.6. The Morgan fingerprint density at radius 1 is 1.12 bits per heavy atom. The van der Waals surface area contributed by atoms with Crippen LogP contribution in [0.15, 0.2) is 42.5 Å². The summed E-state index contributed by atoms with van der Waals surface area (Å²) in [7, 11) is 1.60. The molecular formula is C25H30Cl2N2O3. The molecule has 1 atom stereocenters. The quantitative estimate of drug-likeness (QED) is 0.526. The highest BCUT2D eigenvalue weighted by molar-refractivity contribution is 6.36. The minimum Gasteiger partial charge on any atom is -0.497 e. The number of nitrogens with one attached hydrogen (secondary N) is 1. The van der Waals surface area contributed by atoms with Crippen molar-refractivity contribution in [3.05, 3.63) is 63.6 Å². The zero-order chi connectivity index (χ0) is 23.1. The number of hydrogen-bond acceptors (Lipinski definition) is 3. The van der Waals surface area contributed by atoms with Crippen LogP contribution in [0.3, 0.4) is 0 Å². The SMILES string of the molecule is CC[C@H](C(=O)NC1CCCC1)N(Cc1cccc(OC)c1)C(=O)Cc1c(Cl)cccc1Cl. The van der Waals surface area contributed by atoms with Gasteiger partial charge in [0.1, 0.15) is 11.8 Å². The maximum atomic E-state index is 13.5. The molecule has 2 amide bonds. The second kappa shape index (κ2) is 11.6. The smallest absolute Gasteiger partial charge is 0.243 e. The van der Waals surface area contributed by atoms with Gasteiger partial charge in [0, 0.05) is 22.6 Å². The second-order valence-electron chi connectivity index (χ2n) is 8.16. The fourth-order valence-electron chi connectivity index (χ4n) is 4.21. The van der Waals surface area contributed by atoms with Crippen LogP contribution in [0.1, 0.15) is 50.2 Å². The molecule has 1 saturated carbocycles. The third-order valence-corrected chi connectivity index (χ3v) is 6.67. The summed E-state index contributed by atoms with van der Waals surface area (Å²) in [5.41, 5.74) is 1.46. The molecule has 1 fully saturated rings. The molecule has 2 aromatic rings. The Morgan fingerprint density at radius 2 is 1.78 bits per heavy atom. The molecule has 2 aromatic carbocycles. The lowest BCUT2D eigenvalue weighted by Gasteiger charge is -2.32. The zero-order valence-corrected chi connectivity index (χ0v) is 20.1. The first-order valence-corrected chi connectivity index (χ1v) is 11.8. The van der Waals surface area contributed by atoms with Crippen molar-refractivity contribution in [2.45, 2.75) is 64.1 Å². The van der Waals surface area contributed by atoms with Gasteiger partial charge in [0.25, 0.3) is 0 Å². The highest BCUT2D eigenvalue weighted by Gasteiger charge is 2.31. The lowest BCUT2D eigenvalue weighted by Crippen LogP contribution is -2.51. The van der Waals surface area contributed by atoms with Gasteiger partial charge in [-0.05, 0) is 54.7 Å². The van der Waals surface area contributed by atoms with Crippen LogP contribution in [0.5, 0.6) is 5.75 Å². The van der Waals surface area contributed by atoms with E-state index in [1.54, 1.807) is 30.2 Å². The first-order valence-electron chi connectivity index (χ1n) is 11.1. The maximum absolute atomic E-state index is 13.5. The molecule has 0 saturated heterocycles. The summed E-state index contributed by atoms with van der Waals surface area (Å²) in [5.74, 6) is 0.393. The molecule has 0 aliphatic heterocycles. The van der Waals surface area contributed by atoms with Crippen LogP contribution in [-0.2, 0) is 22.6 Å². The summed E-state index contributed by atoms with van der Waals surface area (Å²) in [4.78, 5) is 28.3. The molecule has 172 valence electrons. The van der Waals surface area contributed by atoms with Crippen molar-refractivity contribution in [2.75, 3.05) is 7.11 Å². The van der Waals surface area contributed by atoms with E-state index in [9.17, 15) is 9.59 Å². The van der Waals surface area contributed by atoms with Gasteiger partial charge in [-0.3, -0.25) is 9.59 Å². The molecule has 0 heterocycles. The standard InChI is InChI=1S/C25H30Cl2N2O3/c1-3-23(25(31)28-18-9-4-5-10-18)29(16-17-8-6-11-19(14-17)32-2)24(30)15-20-21(26)12-7-13-22(20)27/h6-8,11-14,18,23H,3-5,9-10,15-16H2,1-2H3,(H,28,31)/t23-/m1/s1. The number of carbonyl (C=O) groups is 2. The molecule has 0 unspecified atom stereocenters. The Kier molecular flexibility index (Phi) is 8.83. The Balaban J connectivity index is 1.87. The molecule has 32 heavy (non-hydrogen) atoms. The summed E-state index contributed by atoms with van der Waals surface area (Å²) in [5, 5.41) is 4.03. The molecule has 1 aliphatic carbocycles. The van der Waals surface area contributed by atoms with Crippen LogP contribution < -0.4 is 10.1 Å². The van der Waals surface area contributed by atoms with Crippen molar-refractivity contribution >= 4 is 35.0 Å². The van der Waals surface area contributed by atoms with Gasteiger partial charge in [0.2, 0.25) is 11.8 Å². The Bertz CT molecular complexity index is 924. The summed E-state index contributed by atoms with van der Waals surface area (Å²) in [6.45, 7) is 2.21. The molecular weight excluding hydrogens is 447 g/mol. The first kappa shape index (κ1) is 24.4. The summed E-state index contributed by atoms with van der Waals surface area (Å²) in [6, 6.07) is 12.3. The van der Waals surface area contributed by atoms with Crippen molar-refractivity contribution in [3.63, 3.8) is 0 Å². The predicted octanol–water partition coefficient (Wildman–Crippen LogP) is 5.41. The van der Waals surface area contributed by atoms with Crippen LogP contribution in [0.4, 0.5) is 0 Å². The van der Waals surface area contributed by atoms with Crippen LogP contribution in [0.2, 0.25) is 10.0 Å². The maximum Gasteiger partial charge on any atom is 0.243 e. The topological polar surface area (TPSA) is 58.6 Å². The Labute approximate surface area is 200 Å². The van der Waals surface area contributed by atoms with Gasteiger partial charge in [-0.15, -0.1) is 0 Å². The van der Waals surface area contributed by atoms with Crippen molar-refractivity contribution in [3.8, 4) is 5.75 Å². The number of rotatable bonds is 9. The van der Waals surface area contributed by atoms with Gasteiger partial charge < -0.3 is 15.0 Å². The van der Waals surface area contributed by atoms with Gasteiger partial charge in [-0.25, -0.2) is 0 Å². The number of benzene rings is 2. The highest BCUT2D eigenvalue weighted by atomic mass is 35.5. The average molecular weight is 477 g/mol. The molecule has 0 aromatic heterocycles. The predicted molar refractivity (Wildman–Crippen MR) is 128 cm³/mol. The van der Waals surface area contributed by atoms with Crippen LogP contribution in [0.25, 0.3) is 0 Å². The third-order valence-electron chi connectivity index (χ3n) is 5.96. The van der Waals surface area contributed by atoms with E-state index in [2.05, 4.69) is 5.32 Å². The lowest BCUT2D eigenvalue weighted by molar-refractivity contribution is -0.141. The van der Waals surface area contributed by atoms with E-state index >= 15 is 0 Å². The molecule has 1 N–H and O–H groups in total. The van der Waals surface area contributed by atoms with E-state index in [0.717, 1.165) is 31.2 Å². The summed E-state index contributed by atoms with van der Waals surface area (Å²) < 4.78 is 5.33.